The van der Waals surface area contributed by atoms with Gasteiger partial charge in [0.1, 0.15) is 0 Å². The van der Waals surface area contributed by atoms with Crippen LogP contribution in [0.1, 0.15) is 26.2 Å². The summed E-state index contributed by atoms with van der Waals surface area (Å²) in [5.41, 5.74) is 0. The predicted octanol–water partition coefficient (Wildman–Crippen LogP) is 1.71. The molecule has 0 bridgehead atoms. The van der Waals surface area contributed by atoms with Crippen molar-refractivity contribution in [1.29, 1.82) is 0 Å². The summed E-state index contributed by atoms with van der Waals surface area (Å²) in [4.78, 5) is 16.2. The fourth-order valence-electron chi connectivity index (χ4n) is 2.02. The van der Waals surface area contributed by atoms with Gasteiger partial charge in [0.15, 0.2) is 0 Å². The molecule has 1 heterocycles. The van der Waals surface area contributed by atoms with Crippen LogP contribution >= 0.6 is 15.9 Å². The number of likely N-dealkylation sites (N-methyl/N-ethyl adjacent to an activating group) is 1. The molecule has 88 valence electrons. The highest BCUT2D eigenvalue weighted by Crippen LogP contribution is 2.11. The SMILES string of the molecule is CC1CN(C)CCN1C(=O)CCCCBr. The molecule has 0 aromatic heterocycles. The smallest absolute Gasteiger partial charge is 0.222 e. The summed E-state index contributed by atoms with van der Waals surface area (Å²) in [5, 5.41) is 0.999. The summed E-state index contributed by atoms with van der Waals surface area (Å²) < 4.78 is 0. The van der Waals surface area contributed by atoms with Crippen LogP contribution in [0.2, 0.25) is 0 Å². The van der Waals surface area contributed by atoms with Crippen molar-refractivity contribution in [3.63, 3.8) is 0 Å². The van der Waals surface area contributed by atoms with Gasteiger partial charge in [-0.15, -0.1) is 0 Å². The Hall–Kier alpha value is -0.0900. The van der Waals surface area contributed by atoms with Gasteiger partial charge < -0.3 is 9.80 Å². The number of hydrogen-bond acceptors (Lipinski definition) is 2. The largest absolute Gasteiger partial charge is 0.337 e. The standard InChI is InChI=1S/C11H21BrN2O/c1-10-9-13(2)7-8-14(10)11(15)5-3-4-6-12/h10H,3-9H2,1-2H3. The van der Waals surface area contributed by atoms with Crippen molar-refractivity contribution in [2.45, 2.75) is 32.2 Å². The summed E-state index contributed by atoms with van der Waals surface area (Å²) >= 11 is 3.38. The van der Waals surface area contributed by atoms with Gasteiger partial charge in [-0.1, -0.05) is 15.9 Å². The first-order valence-electron chi connectivity index (χ1n) is 5.69. The second kappa shape index (κ2) is 6.48. The quantitative estimate of drug-likeness (QED) is 0.577. The molecule has 0 spiro atoms. The Morgan fingerprint density at radius 1 is 1.40 bits per heavy atom. The summed E-state index contributed by atoms with van der Waals surface area (Å²) in [7, 11) is 2.11. The van der Waals surface area contributed by atoms with E-state index in [1.54, 1.807) is 0 Å². The van der Waals surface area contributed by atoms with Gasteiger partial charge in [-0.2, -0.15) is 0 Å². The van der Waals surface area contributed by atoms with Crippen molar-refractivity contribution in [2.75, 3.05) is 32.0 Å². The van der Waals surface area contributed by atoms with E-state index in [-0.39, 0.29) is 0 Å². The number of carbonyl (C=O) groups excluding carboxylic acids is 1. The molecule has 3 nitrogen and oxygen atoms in total. The lowest BCUT2D eigenvalue weighted by atomic mass is 10.1. The van der Waals surface area contributed by atoms with Crippen molar-refractivity contribution in [1.82, 2.24) is 9.80 Å². The number of amides is 1. The van der Waals surface area contributed by atoms with Gasteiger partial charge in [0, 0.05) is 37.4 Å². The number of carbonyl (C=O) groups is 1. The second-order valence-corrected chi connectivity index (χ2v) is 5.14. The molecule has 1 saturated heterocycles. The third-order valence-corrected chi connectivity index (χ3v) is 3.49. The number of piperazine rings is 1. The van der Waals surface area contributed by atoms with E-state index >= 15 is 0 Å². The lowest BCUT2D eigenvalue weighted by Crippen LogP contribution is -2.52. The summed E-state index contributed by atoms with van der Waals surface area (Å²) in [6.45, 7) is 5.04. The minimum atomic E-state index is 0.330. The number of alkyl halides is 1. The van der Waals surface area contributed by atoms with Crippen molar-refractivity contribution < 1.29 is 4.79 Å². The van der Waals surface area contributed by atoms with Crippen LogP contribution in [0.4, 0.5) is 0 Å². The summed E-state index contributed by atoms with van der Waals surface area (Å²) in [6.07, 6.45) is 2.80. The Morgan fingerprint density at radius 2 is 2.13 bits per heavy atom. The highest BCUT2D eigenvalue weighted by atomic mass is 79.9. The molecule has 15 heavy (non-hydrogen) atoms. The lowest BCUT2D eigenvalue weighted by Gasteiger charge is -2.38. The van der Waals surface area contributed by atoms with Crippen LogP contribution in [0, 0.1) is 0 Å². The monoisotopic (exact) mass is 276 g/mol. The first kappa shape index (κ1) is 13.0. The highest BCUT2D eigenvalue weighted by Gasteiger charge is 2.24. The highest BCUT2D eigenvalue weighted by molar-refractivity contribution is 9.09. The van der Waals surface area contributed by atoms with E-state index < -0.39 is 0 Å². The molecule has 0 aromatic carbocycles. The van der Waals surface area contributed by atoms with Gasteiger partial charge in [-0.25, -0.2) is 0 Å². The van der Waals surface area contributed by atoms with E-state index in [0.29, 0.717) is 18.4 Å². The average molecular weight is 277 g/mol. The predicted molar refractivity (Wildman–Crippen MR) is 66.3 cm³/mol. The second-order valence-electron chi connectivity index (χ2n) is 4.34. The van der Waals surface area contributed by atoms with E-state index in [4.69, 9.17) is 0 Å². The summed E-state index contributed by atoms with van der Waals surface area (Å²) in [6, 6.07) is 0.375. The first-order valence-corrected chi connectivity index (χ1v) is 6.81. The normalized spacial score (nSPS) is 23.1. The maximum Gasteiger partial charge on any atom is 0.222 e. The van der Waals surface area contributed by atoms with Crippen molar-refractivity contribution in [3.8, 4) is 0 Å². The van der Waals surface area contributed by atoms with Crippen LogP contribution in [0.3, 0.4) is 0 Å². The molecule has 0 aliphatic carbocycles. The zero-order valence-corrected chi connectivity index (χ0v) is 11.3. The molecule has 1 unspecified atom stereocenters. The molecule has 0 aromatic rings. The van der Waals surface area contributed by atoms with E-state index in [0.717, 1.165) is 37.8 Å². The third kappa shape index (κ3) is 4.11. The molecule has 4 heteroatoms. The Bertz CT molecular complexity index is 211. The molecule has 1 aliphatic heterocycles. The van der Waals surface area contributed by atoms with Gasteiger partial charge in [0.25, 0.3) is 0 Å². The Morgan fingerprint density at radius 3 is 2.73 bits per heavy atom. The van der Waals surface area contributed by atoms with E-state index in [2.05, 4.69) is 34.8 Å². The fraction of sp³-hybridized carbons (Fsp3) is 0.909. The Labute approximate surface area is 101 Å². The maximum absolute atomic E-state index is 11.9. The van der Waals surface area contributed by atoms with Gasteiger partial charge in [-0.05, 0) is 26.8 Å². The average Bonchev–Trinajstić information content (AvgIpc) is 2.17. The van der Waals surface area contributed by atoms with E-state index in [1.165, 1.54) is 0 Å². The van der Waals surface area contributed by atoms with Gasteiger partial charge >= 0.3 is 0 Å². The van der Waals surface area contributed by atoms with Crippen LogP contribution in [0.15, 0.2) is 0 Å². The van der Waals surface area contributed by atoms with Gasteiger partial charge in [0.2, 0.25) is 5.91 Å². The number of hydrogen-bond donors (Lipinski definition) is 0. The van der Waals surface area contributed by atoms with Gasteiger partial charge in [-0.3, -0.25) is 4.79 Å². The fourth-order valence-corrected chi connectivity index (χ4v) is 2.42. The molecule has 0 saturated carbocycles. The molecule has 0 N–H and O–H groups in total. The third-order valence-electron chi connectivity index (χ3n) is 2.93. The number of rotatable bonds is 4. The van der Waals surface area contributed by atoms with Crippen LogP contribution in [-0.4, -0.2) is 53.8 Å². The number of halogens is 1. The Kier molecular flexibility index (Phi) is 5.61. The van der Waals surface area contributed by atoms with Crippen molar-refractivity contribution in [3.05, 3.63) is 0 Å². The molecule has 1 aliphatic rings. The minimum Gasteiger partial charge on any atom is -0.337 e. The Balaban J connectivity index is 2.32. The van der Waals surface area contributed by atoms with Crippen LogP contribution in [-0.2, 0) is 4.79 Å². The summed E-state index contributed by atoms with van der Waals surface area (Å²) in [5.74, 6) is 0.330. The molecule has 0 radical (unpaired) electrons. The zero-order chi connectivity index (χ0) is 11.3. The maximum atomic E-state index is 11.9. The van der Waals surface area contributed by atoms with Gasteiger partial charge in [0.05, 0.1) is 0 Å². The molecule has 1 fully saturated rings. The molecular formula is C11H21BrN2O. The first-order chi connectivity index (χ1) is 7.15. The molecule has 1 atom stereocenters. The molecule has 1 rings (SSSR count). The zero-order valence-electron chi connectivity index (χ0n) is 9.71. The van der Waals surface area contributed by atoms with E-state index in [9.17, 15) is 4.79 Å². The van der Waals surface area contributed by atoms with Crippen LogP contribution < -0.4 is 0 Å². The van der Waals surface area contributed by atoms with Crippen molar-refractivity contribution >= 4 is 21.8 Å². The van der Waals surface area contributed by atoms with Crippen LogP contribution in [0.25, 0.3) is 0 Å². The van der Waals surface area contributed by atoms with Crippen molar-refractivity contribution in [2.24, 2.45) is 0 Å². The van der Waals surface area contributed by atoms with Crippen LogP contribution in [0.5, 0.6) is 0 Å². The molecule has 1 amide bonds. The number of nitrogens with zero attached hydrogens (tertiary/aromatic N) is 2. The number of unbranched alkanes of at least 4 members (excludes halogenated alkanes) is 1. The van der Waals surface area contributed by atoms with E-state index in [1.807, 2.05) is 4.90 Å². The lowest BCUT2D eigenvalue weighted by molar-refractivity contribution is -0.135. The molecular weight excluding hydrogens is 256 g/mol. The minimum absolute atomic E-state index is 0.330. The topological polar surface area (TPSA) is 23.6 Å².